The molecule has 9 heteroatoms. The third kappa shape index (κ3) is 4.37. The summed E-state index contributed by atoms with van der Waals surface area (Å²) < 4.78 is 71.2. The Morgan fingerprint density at radius 2 is 1.73 bits per heavy atom. The quantitative estimate of drug-likeness (QED) is 0.227. The molecule has 0 spiro atoms. The van der Waals surface area contributed by atoms with Crippen LogP contribution >= 0.6 is 0 Å². The molecule has 0 aliphatic heterocycles. The van der Waals surface area contributed by atoms with E-state index in [-0.39, 0.29) is 24.5 Å². The summed E-state index contributed by atoms with van der Waals surface area (Å²) >= 11 is 0. The molecular formula is C31H31F5O4. The van der Waals surface area contributed by atoms with Crippen molar-refractivity contribution >= 4 is 17.8 Å². The number of halogens is 5. The van der Waals surface area contributed by atoms with Crippen molar-refractivity contribution in [3.63, 3.8) is 0 Å². The minimum absolute atomic E-state index is 0.0307. The van der Waals surface area contributed by atoms with E-state index >= 15 is 8.78 Å². The van der Waals surface area contributed by atoms with E-state index in [2.05, 4.69) is 0 Å². The highest BCUT2D eigenvalue weighted by atomic mass is 19.4. The third-order valence-electron chi connectivity index (χ3n) is 9.74. The van der Waals surface area contributed by atoms with Crippen LogP contribution in [0.15, 0.2) is 65.3 Å². The molecule has 2 fully saturated rings. The molecule has 0 aromatic heterocycles. The SMILES string of the molecule is C[C@]12C[C@H](c3ccc(/C=C/C=C/C(=O)O)cc3)C3=C4CCC(=O)C=C4CC[C@H]3[C@@H]1CC[C@@]2(O)C(F)(F)C(F)(F)F. The minimum Gasteiger partial charge on any atom is -0.478 e. The van der Waals surface area contributed by atoms with Gasteiger partial charge in [-0.15, -0.1) is 0 Å². The molecule has 0 heterocycles. The molecule has 0 unspecified atom stereocenters. The molecule has 0 amide bonds. The van der Waals surface area contributed by atoms with Gasteiger partial charge >= 0.3 is 18.1 Å². The monoisotopic (exact) mass is 562 g/mol. The van der Waals surface area contributed by atoms with Crippen molar-refractivity contribution in [2.45, 2.75) is 75.5 Å². The number of carboxylic acids is 1. The maximum Gasteiger partial charge on any atom is 0.456 e. The zero-order valence-corrected chi connectivity index (χ0v) is 22.0. The van der Waals surface area contributed by atoms with Gasteiger partial charge in [-0.2, -0.15) is 22.0 Å². The number of hydrogen-bond acceptors (Lipinski definition) is 3. The van der Waals surface area contributed by atoms with Gasteiger partial charge < -0.3 is 10.2 Å². The Labute approximate surface area is 229 Å². The lowest BCUT2D eigenvalue weighted by molar-refractivity contribution is -0.362. The van der Waals surface area contributed by atoms with Crippen LogP contribution in [0.5, 0.6) is 0 Å². The third-order valence-corrected chi connectivity index (χ3v) is 9.74. The van der Waals surface area contributed by atoms with E-state index in [1.54, 1.807) is 42.5 Å². The highest BCUT2D eigenvalue weighted by molar-refractivity contribution is 5.93. The van der Waals surface area contributed by atoms with E-state index in [0.717, 1.165) is 33.9 Å². The largest absolute Gasteiger partial charge is 0.478 e. The van der Waals surface area contributed by atoms with Gasteiger partial charge in [0.05, 0.1) is 0 Å². The fourth-order valence-electron chi connectivity index (χ4n) is 7.86. The summed E-state index contributed by atoms with van der Waals surface area (Å²) in [6.07, 6.45) is 2.64. The van der Waals surface area contributed by atoms with Gasteiger partial charge in [-0.05, 0) is 78.7 Å². The second-order valence-electron chi connectivity index (χ2n) is 11.7. The van der Waals surface area contributed by atoms with Gasteiger partial charge in [0.1, 0.15) is 5.60 Å². The molecular weight excluding hydrogens is 531 g/mol. The van der Waals surface area contributed by atoms with Gasteiger partial charge in [-0.1, -0.05) is 55.0 Å². The number of allylic oxidation sites excluding steroid dienone is 6. The van der Waals surface area contributed by atoms with Gasteiger partial charge in [-0.25, -0.2) is 4.79 Å². The Morgan fingerprint density at radius 1 is 1.02 bits per heavy atom. The summed E-state index contributed by atoms with van der Waals surface area (Å²) in [5.74, 6) is -7.65. The first-order valence-electron chi connectivity index (χ1n) is 13.5. The summed E-state index contributed by atoms with van der Waals surface area (Å²) in [4.78, 5) is 22.8. The minimum atomic E-state index is -5.89. The lowest BCUT2D eigenvalue weighted by Crippen LogP contribution is -2.65. The first kappa shape index (κ1) is 28.5. The Morgan fingerprint density at radius 3 is 2.38 bits per heavy atom. The van der Waals surface area contributed by atoms with Crippen molar-refractivity contribution in [1.82, 2.24) is 0 Å². The number of carbonyl (C=O) groups excluding carboxylic acids is 1. The predicted molar refractivity (Wildman–Crippen MR) is 138 cm³/mol. The predicted octanol–water partition coefficient (Wildman–Crippen LogP) is 7.17. The zero-order valence-electron chi connectivity index (χ0n) is 22.0. The lowest BCUT2D eigenvalue weighted by atomic mass is 9.50. The molecule has 4 aliphatic rings. The van der Waals surface area contributed by atoms with E-state index in [1.165, 1.54) is 13.0 Å². The van der Waals surface area contributed by atoms with Crippen molar-refractivity contribution < 1.29 is 41.8 Å². The van der Waals surface area contributed by atoms with Gasteiger partial charge in [-0.3, -0.25) is 4.79 Å². The number of ketones is 1. The first-order chi connectivity index (χ1) is 18.7. The Kier molecular flexibility index (Phi) is 6.96. The Hall–Kier alpha value is -3.07. The van der Waals surface area contributed by atoms with Crippen LogP contribution in [0.25, 0.3) is 6.08 Å². The number of aliphatic carboxylic acids is 1. The molecule has 1 aromatic rings. The van der Waals surface area contributed by atoms with Crippen molar-refractivity contribution in [2.24, 2.45) is 17.3 Å². The van der Waals surface area contributed by atoms with Crippen LogP contribution in [0.4, 0.5) is 22.0 Å². The fourth-order valence-corrected chi connectivity index (χ4v) is 7.86. The highest BCUT2D eigenvalue weighted by Crippen LogP contribution is 2.70. The van der Waals surface area contributed by atoms with Crippen molar-refractivity contribution in [2.75, 3.05) is 0 Å². The summed E-state index contributed by atoms with van der Waals surface area (Å²) in [6.45, 7) is 1.40. The number of hydrogen-bond donors (Lipinski definition) is 2. The number of benzene rings is 1. The normalized spacial score (nSPS) is 32.7. The molecule has 40 heavy (non-hydrogen) atoms. The molecule has 5 atom stereocenters. The molecule has 5 rings (SSSR count). The summed E-state index contributed by atoms with van der Waals surface area (Å²) in [7, 11) is 0. The van der Waals surface area contributed by atoms with Crippen LogP contribution in [0.1, 0.15) is 68.9 Å². The average Bonchev–Trinajstić information content (AvgIpc) is 3.17. The molecule has 0 saturated heterocycles. The van der Waals surface area contributed by atoms with E-state index in [1.807, 2.05) is 0 Å². The number of carboxylic acid groups (broad SMARTS) is 1. The van der Waals surface area contributed by atoms with Crippen LogP contribution in [0, 0.1) is 17.3 Å². The van der Waals surface area contributed by atoms with Crippen molar-refractivity contribution in [1.29, 1.82) is 0 Å². The second kappa shape index (κ2) is 9.79. The zero-order chi connectivity index (χ0) is 29.1. The van der Waals surface area contributed by atoms with Crippen molar-refractivity contribution in [3.05, 3.63) is 76.4 Å². The Bertz CT molecular complexity index is 1340. The molecule has 2 saturated carbocycles. The Balaban J connectivity index is 1.60. The average molecular weight is 563 g/mol. The highest BCUT2D eigenvalue weighted by Gasteiger charge is 2.79. The topological polar surface area (TPSA) is 74.6 Å². The van der Waals surface area contributed by atoms with Gasteiger partial charge in [0.2, 0.25) is 0 Å². The van der Waals surface area contributed by atoms with Crippen LogP contribution in [-0.2, 0) is 9.59 Å². The van der Waals surface area contributed by atoms with Crippen LogP contribution in [0.3, 0.4) is 0 Å². The smallest absolute Gasteiger partial charge is 0.456 e. The summed E-state index contributed by atoms with van der Waals surface area (Å²) in [5, 5.41) is 20.1. The summed E-state index contributed by atoms with van der Waals surface area (Å²) in [5.41, 5.74) is -0.486. The second-order valence-corrected chi connectivity index (χ2v) is 11.7. The molecule has 4 nitrogen and oxygen atoms in total. The van der Waals surface area contributed by atoms with E-state index in [9.17, 15) is 27.9 Å². The van der Waals surface area contributed by atoms with Crippen LogP contribution in [-0.4, -0.2) is 39.7 Å². The van der Waals surface area contributed by atoms with Gasteiger partial charge in [0.15, 0.2) is 5.78 Å². The first-order valence-corrected chi connectivity index (χ1v) is 13.5. The molecule has 214 valence electrons. The van der Waals surface area contributed by atoms with E-state index < -0.39 is 47.3 Å². The van der Waals surface area contributed by atoms with Crippen LogP contribution in [0.2, 0.25) is 0 Å². The molecule has 4 aliphatic carbocycles. The number of rotatable bonds is 5. The molecule has 0 bridgehead atoms. The molecule has 0 radical (unpaired) electrons. The molecule has 2 N–H and O–H groups in total. The maximum absolute atomic E-state index is 15.1. The molecule has 1 aromatic carbocycles. The van der Waals surface area contributed by atoms with E-state index in [0.29, 0.717) is 25.7 Å². The van der Waals surface area contributed by atoms with Crippen molar-refractivity contribution in [3.8, 4) is 0 Å². The van der Waals surface area contributed by atoms with Gasteiger partial charge in [0, 0.05) is 23.8 Å². The van der Waals surface area contributed by atoms with Gasteiger partial charge in [0.25, 0.3) is 0 Å². The fraction of sp³-hybridized carbons (Fsp3) is 0.484. The maximum atomic E-state index is 15.1. The standard InChI is InChI=1S/C31H31F5O4/c1-28-17-24(19-8-6-18(7-9-19)4-2-3-5-26(38)39)27-22-13-11-21(37)16-20(22)10-12-23(27)25(28)14-15-29(28,40)30(32,33)31(34,35)36/h2-9,16,23-25,40H,10-15,17H2,1H3,(H,38,39)/b4-2+,5-3+/t23-,24+,25-,28-,29-/m0/s1. The van der Waals surface area contributed by atoms with Crippen LogP contribution < -0.4 is 0 Å². The number of alkyl halides is 5. The lowest BCUT2D eigenvalue weighted by Gasteiger charge is -2.56. The van der Waals surface area contributed by atoms with E-state index in [4.69, 9.17) is 5.11 Å². The number of carbonyl (C=O) groups is 2. The number of aliphatic hydroxyl groups is 1. The number of fused-ring (bicyclic) bond motifs is 4. The summed E-state index contributed by atoms with van der Waals surface area (Å²) in [6, 6.07) is 7.18.